The lowest BCUT2D eigenvalue weighted by molar-refractivity contribution is -0.140. The molecule has 5 heteroatoms. The van der Waals surface area contributed by atoms with E-state index in [4.69, 9.17) is 14.2 Å². The second-order valence-corrected chi connectivity index (χ2v) is 7.66. The molecule has 1 unspecified atom stereocenters. The number of carbonyl (C=O) groups is 1. The highest BCUT2D eigenvalue weighted by molar-refractivity contribution is 5.75. The summed E-state index contributed by atoms with van der Waals surface area (Å²) < 4.78 is 16.6. The summed E-state index contributed by atoms with van der Waals surface area (Å²) in [5.41, 5.74) is 1.25. The summed E-state index contributed by atoms with van der Waals surface area (Å²) in [7, 11) is 0. The van der Waals surface area contributed by atoms with Crippen LogP contribution in [0, 0.1) is 12.8 Å². The molecule has 25 heavy (non-hydrogen) atoms. The molecule has 0 aliphatic carbocycles. The number of hydrogen-bond donors (Lipinski definition) is 1. The number of carbonyl (C=O) groups excluding carboxylic acids is 1. The molecule has 0 bridgehead atoms. The van der Waals surface area contributed by atoms with Crippen LogP contribution in [-0.4, -0.2) is 37.5 Å². The van der Waals surface area contributed by atoms with Crippen LogP contribution in [0.2, 0.25) is 0 Å². The maximum atomic E-state index is 12.6. The van der Waals surface area contributed by atoms with Gasteiger partial charge in [0.25, 0.3) is 0 Å². The highest BCUT2D eigenvalue weighted by atomic mass is 16.5. The number of aromatic hydroxyl groups is 1. The van der Waals surface area contributed by atoms with Crippen molar-refractivity contribution in [3.63, 3.8) is 0 Å². The normalized spacial score (nSPS) is 20.1. The monoisotopic (exact) mass is 350 g/mol. The highest BCUT2D eigenvalue weighted by Crippen LogP contribution is 2.36. The van der Waals surface area contributed by atoms with Crippen LogP contribution in [0.3, 0.4) is 0 Å². The van der Waals surface area contributed by atoms with E-state index in [0.717, 1.165) is 18.4 Å². The summed E-state index contributed by atoms with van der Waals surface area (Å²) in [4.78, 5) is 12.6. The van der Waals surface area contributed by atoms with Gasteiger partial charge in [0.2, 0.25) is 0 Å². The summed E-state index contributed by atoms with van der Waals surface area (Å²) >= 11 is 0. The van der Waals surface area contributed by atoms with Crippen LogP contribution in [0.25, 0.3) is 0 Å². The fraction of sp³-hybridized carbons (Fsp3) is 0.650. The minimum Gasteiger partial charge on any atom is -0.507 e. The van der Waals surface area contributed by atoms with Gasteiger partial charge in [-0.3, -0.25) is 4.79 Å². The molecular formula is C20H30O5. The van der Waals surface area contributed by atoms with Crippen LogP contribution in [0.5, 0.6) is 11.5 Å². The van der Waals surface area contributed by atoms with E-state index in [1.807, 2.05) is 27.7 Å². The molecular weight excluding hydrogens is 320 g/mol. The Morgan fingerprint density at radius 2 is 1.80 bits per heavy atom. The van der Waals surface area contributed by atoms with Crippen LogP contribution >= 0.6 is 0 Å². The molecule has 1 aliphatic rings. The molecule has 0 aromatic heterocycles. The van der Waals surface area contributed by atoms with Gasteiger partial charge in [-0.05, 0) is 49.3 Å². The van der Waals surface area contributed by atoms with E-state index >= 15 is 0 Å². The van der Waals surface area contributed by atoms with E-state index in [0.29, 0.717) is 44.2 Å². The molecule has 0 radical (unpaired) electrons. The van der Waals surface area contributed by atoms with Crippen molar-refractivity contribution in [1.82, 2.24) is 0 Å². The minimum absolute atomic E-state index is 0.200. The molecule has 1 N–H and O–H groups in total. The maximum absolute atomic E-state index is 12.6. The maximum Gasteiger partial charge on any atom is 0.314 e. The van der Waals surface area contributed by atoms with Crippen molar-refractivity contribution < 1.29 is 24.1 Å². The zero-order valence-electron chi connectivity index (χ0n) is 15.8. The first-order valence-electron chi connectivity index (χ1n) is 9.00. The van der Waals surface area contributed by atoms with Crippen molar-refractivity contribution >= 4 is 5.97 Å². The average molecular weight is 350 g/mol. The third kappa shape index (κ3) is 5.72. The molecule has 5 nitrogen and oxygen atoms in total. The van der Waals surface area contributed by atoms with E-state index in [1.165, 1.54) is 0 Å². The highest BCUT2D eigenvalue weighted by Gasteiger charge is 2.24. The fourth-order valence-electron chi connectivity index (χ4n) is 2.94. The Bertz CT molecular complexity index is 578. The minimum atomic E-state index is -0.242. The number of phenols is 1. The molecule has 140 valence electrons. The van der Waals surface area contributed by atoms with E-state index in [9.17, 15) is 9.90 Å². The predicted molar refractivity (Wildman–Crippen MR) is 96.2 cm³/mol. The third-order valence-electron chi connectivity index (χ3n) is 4.46. The van der Waals surface area contributed by atoms with Gasteiger partial charge in [-0.15, -0.1) is 0 Å². The zero-order valence-corrected chi connectivity index (χ0v) is 15.8. The number of rotatable bonds is 2. The first kappa shape index (κ1) is 19.7. The van der Waals surface area contributed by atoms with Gasteiger partial charge in [-0.25, -0.2) is 0 Å². The number of aryl methyl sites for hydroxylation is 1. The number of esters is 1. The Balaban J connectivity index is 2.11. The van der Waals surface area contributed by atoms with Crippen LogP contribution in [0.1, 0.15) is 51.2 Å². The molecule has 1 atom stereocenters. The Labute approximate surface area is 150 Å². The largest absolute Gasteiger partial charge is 0.507 e. The Kier molecular flexibility index (Phi) is 6.85. The SMILES string of the molecule is Cc1cc(OC(=O)C2CCCOCCOCC2)cc(C(C)(C)C)c1O. The van der Waals surface area contributed by atoms with Crippen molar-refractivity contribution in [2.75, 3.05) is 26.4 Å². The summed E-state index contributed by atoms with van der Waals surface area (Å²) in [6.45, 7) is 10.2. The van der Waals surface area contributed by atoms with E-state index in [2.05, 4.69) is 0 Å². The molecule has 1 fully saturated rings. The van der Waals surface area contributed by atoms with E-state index in [1.54, 1.807) is 12.1 Å². The van der Waals surface area contributed by atoms with Gasteiger partial charge in [0.1, 0.15) is 11.5 Å². The first-order chi connectivity index (χ1) is 11.8. The number of benzene rings is 1. The lowest BCUT2D eigenvalue weighted by atomic mass is 9.85. The first-order valence-corrected chi connectivity index (χ1v) is 9.00. The molecule has 0 spiro atoms. The molecule has 0 amide bonds. The molecule has 1 aromatic carbocycles. The zero-order chi connectivity index (χ0) is 18.4. The van der Waals surface area contributed by atoms with E-state index in [-0.39, 0.29) is 23.1 Å². The second kappa shape index (κ2) is 8.68. The fourth-order valence-corrected chi connectivity index (χ4v) is 2.94. The van der Waals surface area contributed by atoms with Crippen molar-refractivity contribution in [2.45, 2.75) is 52.4 Å². The van der Waals surface area contributed by atoms with Crippen molar-refractivity contribution in [2.24, 2.45) is 5.92 Å². The second-order valence-electron chi connectivity index (χ2n) is 7.66. The van der Waals surface area contributed by atoms with Gasteiger partial charge >= 0.3 is 5.97 Å². The smallest absolute Gasteiger partial charge is 0.314 e. The Morgan fingerprint density at radius 3 is 2.48 bits per heavy atom. The summed E-state index contributed by atoms with van der Waals surface area (Å²) in [5, 5.41) is 10.3. The van der Waals surface area contributed by atoms with Gasteiger partial charge in [-0.1, -0.05) is 20.8 Å². The van der Waals surface area contributed by atoms with Gasteiger partial charge in [0.05, 0.1) is 19.1 Å². The van der Waals surface area contributed by atoms with Crippen molar-refractivity contribution in [3.05, 3.63) is 23.3 Å². The van der Waals surface area contributed by atoms with E-state index < -0.39 is 0 Å². The summed E-state index contributed by atoms with van der Waals surface area (Å²) in [6, 6.07) is 3.47. The molecule has 0 saturated carbocycles. The lowest BCUT2D eigenvalue weighted by Crippen LogP contribution is -2.24. The van der Waals surface area contributed by atoms with Gasteiger partial charge in [0, 0.05) is 18.8 Å². The van der Waals surface area contributed by atoms with Gasteiger partial charge in [-0.2, -0.15) is 0 Å². The molecule has 1 aliphatic heterocycles. The van der Waals surface area contributed by atoms with Crippen LogP contribution in [0.15, 0.2) is 12.1 Å². The predicted octanol–water partition coefficient (Wildman–Crippen LogP) is 3.74. The van der Waals surface area contributed by atoms with Gasteiger partial charge < -0.3 is 19.3 Å². The molecule has 1 aromatic rings. The summed E-state index contributed by atoms with van der Waals surface area (Å²) in [6.07, 6.45) is 2.22. The number of hydrogen-bond acceptors (Lipinski definition) is 5. The van der Waals surface area contributed by atoms with Crippen LogP contribution < -0.4 is 4.74 Å². The molecule has 1 saturated heterocycles. The Morgan fingerprint density at radius 1 is 1.12 bits per heavy atom. The summed E-state index contributed by atoms with van der Waals surface area (Å²) in [5.74, 6) is 0.305. The Hall–Kier alpha value is -1.59. The number of phenolic OH excluding ortho intramolecular Hbond substituents is 1. The van der Waals surface area contributed by atoms with Crippen molar-refractivity contribution in [3.8, 4) is 11.5 Å². The number of ether oxygens (including phenoxy) is 3. The third-order valence-corrected chi connectivity index (χ3v) is 4.46. The molecule has 2 rings (SSSR count). The quantitative estimate of drug-likeness (QED) is 0.650. The average Bonchev–Trinajstić information content (AvgIpc) is 2.54. The standard InChI is InChI=1S/C20H30O5/c1-14-12-16(13-17(18(14)21)20(2,3)4)25-19(22)15-6-5-8-23-10-11-24-9-7-15/h12-13,15,21H,5-11H2,1-4H3. The van der Waals surface area contributed by atoms with Gasteiger partial charge in [0.15, 0.2) is 0 Å². The van der Waals surface area contributed by atoms with Crippen molar-refractivity contribution in [1.29, 1.82) is 0 Å². The molecule has 1 heterocycles. The lowest BCUT2D eigenvalue weighted by Gasteiger charge is -2.23. The topological polar surface area (TPSA) is 65.0 Å². The van der Waals surface area contributed by atoms with Crippen LogP contribution in [0.4, 0.5) is 0 Å². The van der Waals surface area contributed by atoms with Crippen LogP contribution in [-0.2, 0) is 19.7 Å².